The quantitative estimate of drug-likeness (QED) is 0.148. The van der Waals surface area contributed by atoms with Gasteiger partial charge in [0.1, 0.15) is 5.82 Å². The largest absolute Gasteiger partial charge is 0.493 e. The summed E-state index contributed by atoms with van der Waals surface area (Å²) in [6.07, 6.45) is 1.20. The number of nitrogens with one attached hydrogen (secondary N) is 1. The van der Waals surface area contributed by atoms with Crippen molar-refractivity contribution in [3.8, 4) is 11.5 Å². The van der Waals surface area contributed by atoms with Gasteiger partial charge < -0.3 is 19.4 Å². The molecule has 0 fully saturated rings. The van der Waals surface area contributed by atoms with E-state index in [1.165, 1.54) is 35.0 Å². The summed E-state index contributed by atoms with van der Waals surface area (Å²) in [6, 6.07) is 24.7. The Kier molecular flexibility index (Phi) is 10.5. The number of benzene rings is 3. The lowest BCUT2D eigenvalue weighted by atomic mass is 9.99. The van der Waals surface area contributed by atoms with Crippen LogP contribution in [0.15, 0.2) is 101 Å². The summed E-state index contributed by atoms with van der Waals surface area (Å²) in [4.78, 5) is 27.7. The monoisotopic (exact) mass is 684 g/mol. The van der Waals surface area contributed by atoms with Crippen molar-refractivity contribution in [2.24, 2.45) is 5.10 Å². The van der Waals surface area contributed by atoms with Gasteiger partial charge in [-0.3, -0.25) is 9.59 Å². The van der Waals surface area contributed by atoms with Gasteiger partial charge in [-0.15, -0.1) is 21.5 Å². The Morgan fingerprint density at radius 3 is 2.58 bits per heavy atom. The summed E-state index contributed by atoms with van der Waals surface area (Å²) in [5.41, 5.74) is 2.95. The fraction of sp³-hybridized carbons (Fsp3) is 0.229. The molecule has 0 aliphatic carbocycles. The molecule has 6 rings (SSSR count). The molecule has 0 saturated heterocycles. The van der Waals surface area contributed by atoms with Crippen LogP contribution in [-0.2, 0) is 24.3 Å². The first-order valence-electron chi connectivity index (χ1n) is 15.2. The minimum absolute atomic E-state index is 0.0448. The Morgan fingerprint density at radius 1 is 1.00 bits per heavy atom. The fourth-order valence-corrected chi connectivity index (χ4v) is 7.06. The topological polar surface area (TPSA) is 111 Å². The molecule has 5 aromatic rings. The number of rotatable bonds is 13. The second-order valence-electron chi connectivity index (χ2n) is 10.8. The first-order valence-corrected chi connectivity index (χ1v) is 17.1. The minimum Gasteiger partial charge on any atom is -0.493 e. The molecular weight excluding hydrogens is 652 g/mol. The molecule has 3 aromatic carbocycles. The molecule has 3 heterocycles. The predicted octanol–water partition coefficient (Wildman–Crippen LogP) is 6.14. The average Bonchev–Trinajstić information content (AvgIpc) is 3.89. The van der Waals surface area contributed by atoms with Crippen LogP contribution in [0.5, 0.6) is 11.5 Å². The number of carbonyl (C=O) groups is 2. The van der Waals surface area contributed by atoms with E-state index in [0.29, 0.717) is 41.9 Å². The van der Waals surface area contributed by atoms with Gasteiger partial charge in [0.2, 0.25) is 0 Å². The van der Waals surface area contributed by atoms with Crippen molar-refractivity contribution in [3.05, 3.63) is 124 Å². The second-order valence-corrected chi connectivity index (χ2v) is 12.7. The van der Waals surface area contributed by atoms with Gasteiger partial charge in [0.05, 0.1) is 43.1 Å². The maximum Gasteiger partial charge on any atom is 0.253 e. The smallest absolute Gasteiger partial charge is 0.253 e. The third-order valence-electron chi connectivity index (χ3n) is 7.84. The lowest BCUT2D eigenvalue weighted by Gasteiger charge is -2.24. The maximum atomic E-state index is 14.0. The van der Waals surface area contributed by atoms with Crippen LogP contribution in [0.2, 0.25) is 0 Å². The summed E-state index contributed by atoms with van der Waals surface area (Å²) in [5.74, 6) is 0.568. The van der Waals surface area contributed by atoms with E-state index in [0.717, 1.165) is 21.7 Å². The van der Waals surface area contributed by atoms with Crippen LogP contribution in [0.3, 0.4) is 0 Å². The zero-order valence-corrected chi connectivity index (χ0v) is 28.0. The first kappa shape index (κ1) is 32.9. The van der Waals surface area contributed by atoms with Crippen molar-refractivity contribution >= 4 is 40.6 Å². The Bertz CT molecular complexity index is 1920. The number of hydrogen-bond acceptors (Lipinski definition) is 9. The molecule has 1 aliphatic rings. The van der Waals surface area contributed by atoms with Gasteiger partial charge in [-0.25, -0.2) is 9.40 Å². The van der Waals surface area contributed by atoms with Gasteiger partial charge in [-0.05, 0) is 47.7 Å². The number of hydrogen-bond donors (Lipinski definition) is 1. The number of aromatic nitrogens is 3. The van der Waals surface area contributed by atoms with Gasteiger partial charge >= 0.3 is 0 Å². The van der Waals surface area contributed by atoms with E-state index >= 15 is 0 Å². The standard InChI is InChI=1S/C35H33FN6O4S2/c1-45-29-14-7-13-26(33(29)46-2)28-20-27(30-15-8-18-47-30)40-42(28)32(43)22-48-35-39-38-31(41(35)17-16-23-9-4-3-5-10-23)21-37-34(44)24-11-6-12-25(36)19-24/h3-15,18-19,28H,16-17,20-22H2,1-2H3,(H,37,44)/t28-/m1/s1. The highest BCUT2D eigenvalue weighted by atomic mass is 32.2. The summed E-state index contributed by atoms with van der Waals surface area (Å²) in [5, 5.41) is 20.4. The molecule has 1 aliphatic heterocycles. The molecule has 0 radical (unpaired) electrons. The van der Waals surface area contributed by atoms with E-state index in [4.69, 9.17) is 14.6 Å². The summed E-state index contributed by atoms with van der Waals surface area (Å²) in [7, 11) is 3.16. The summed E-state index contributed by atoms with van der Waals surface area (Å²) >= 11 is 2.83. The SMILES string of the molecule is COc1cccc([C@H]2CC(c3cccs3)=NN2C(=O)CSc2nnc(CNC(=O)c3cccc(F)c3)n2CCc2ccccc2)c1OC. The number of para-hydroxylation sites is 1. The Labute approximate surface area is 285 Å². The molecule has 48 heavy (non-hydrogen) atoms. The number of amides is 2. The van der Waals surface area contributed by atoms with Gasteiger partial charge in [0, 0.05) is 24.1 Å². The van der Waals surface area contributed by atoms with Crippen LogP contribution in [0.25, 0.3) is 0 Å². The van der Waals surface area contributed by atoms with Crippen molar-refractivity contribution in [2.75, 3.05) is 20.0 Å². The van der Waals surface area contributed by atoms with Crippen molar-refractivity contribution in [2.45, 2.75) is 37.1 Å². The van der Waals surface area contributed by atoms with Crippen LogP contribution >= 0.6 is 23.1 Å². The third kappa shape index (κ3) is 7.42. The van der Waals surface area contributed by atoms with E-state index in [1.54, 1.807) is 31.6 Å². The van der Waals surface area contributed by atoms with Crippen LogP contribution in [0, 0.1) is 5.82 Å². The number of nitrogens with zero attached hydrogens (tertiary/aromatic N) is 5. The van der Waals surface area contributed by atoms with E-state index in [-0.39, 0.29) is 23.8 Å². The normalized spacial score (nSPS) is 14.1. The number of hydrazone groups is 1. The molecule has 1 N–H and O–H groups in total. The molecule has 2 aromatic heterocycles. The number of halogens is 1. The van der Waals surface area contributed by atoms with Crippen molar-refractivity contribution in [1.29, 1.82) is 0 Å². The van der Waals surface area contributed by atoms with Gasteiger partial charge in [-0.2, -0.15) is 5.10 Å². The van der Waals surface area contributed by atoms with E-state index in [1.807, 2.05) is 70.6 Å². The molecule has 246 valence electrons. The zero-order valence-electron chi connectivity index (χ0n) is 26.3. The molecular formula is C35H33FN6O4S2. The van der Waals surface area contributed by atoms with E-state index in [2.05, 4.69) is 15.5 Å². The highest BCUT2D eigenvalue weighted by molar-refractivity contribution is 7.99. The van der Waals surface area contributed by atoms with Crippen molar-refractivity contribution in [1.82, 2.24) is 25.1 Å². The molecule has 13 heteroatoms. The van der Waals surface area contributed by atoms with Crippen LogP contribution in [0.4, 0.5) is 4.39 Å². The molecule has 0 bridgehead atoms. The first-order chi connectivity index (χ1) is 23.4. The highest BCUT2D eigenvalue weighted by Crippen LogP contribution is 2.42. The zero-order chi connectivity index (χ0) is 33.5. The Hall–Kier alpha value is -5.01. The van der Waals surface area contributed by atoms with E-state index in [9.17, 15) is 14.0 Å². The lowest BCUT2D eigenvalue weighted by Crippen LogP contribution is -2.29. The van der Waals surface area contributed by atoms with Gasteiger partial charge in [0.25, 0.3) is 11.8 Å². The van der Waals surface area contributed by atoms with Crippen molar-refractivity contribution in [3.63, 3.8) is 0 Å². The molecule has 2 amide bonds. The number of methoxy groups -OCH3 is 2. The molecule has 10 nitrogen and oxygen atoms in total. The van der Waals surface area contributed by atoms with Crippen LogP contribution in [-0.4, -0.2) is 57.3 Å². The van der Waals surface area contributed by atoms with Gasteiger partial charge in [-0.1, -0.05) is 66.4 Å². The van der Waals surface area contributed by atoms with Crippen LogP contribution in [0.1, 0.15) is 44.6 Å². The predicted molar refractivity (Wildman–Crippen MR) is 183 cm³/mol. The number of aryl methyl sites for hydroxylation is 1. The summed E-state index contributed by atoms with van der Waals surface area (Å²) in [6.45, 7) is 0.594. The van der Waals surface area contributed by atoms with E-state index < -0.39 is 17.8 Å². The minimum atomic E-state index is -0.492. The second kappa shape index (κ2) is 15.3. The van der Waals surface area contributed by atoms with Crippen LogP contribution < -0.4 is 14.8 Å². The number of thiophene rings is 1. The lowest BCUT2D eigenvalue weighted by molar-refractivity contribution is -0.130. The average molecular weight is 685 g/mol. The third-order valence-corrected chi connectivity index (χ3v) is 9.71. The molecule has 1 atom stereocenters. The molecule has 0 unspecified atom stereocenters. The Morgan fingerprint density at radius 2 is 1.83 bits per heavy atom. The fourth-order valence-electron chi connectivity index (χ4n) is 5.50. The van der Waals surface area contributed by atoms with Gasteiger partial charge in [0.15, 0.2) is 22.5 Å². The Balaban J connectivity index is 1.23. The van der Waals surface area contributed by atoms with Crippen molar-refractivity contribution < 1.29 is 23.5 Å². The molecule has 0 saturated carbocycles. The maximum absolute atomic E-state index is 14.0. The number of ether oxygens (including phenoxy) is 2. The number of thioether (sulfide) groups is 1. The summed E-state index contributed by atoms with van der Waals surface area (Å²) < 4.78 is 26.9. The number of carbonyl (C=O) groups excluding carboxylic acids is 2. The molecule has 0 spiro atoms. The highest BCUT2D eigenvalue weighted by Gasteiger charge is 2.36.